The highest BCUT2D eigenvalue weighted by atomic mass is 16.3. The molecule has 0 fully saturated rings. The Morgan fingerprint density at radius 3 is 2.41 bits per heavy atom. The van der Waals surface area contributed by atoms with Gasteiger partial charge >= 0.3 is 0 Å². The summed E-state index contributed by atoms with van der Waals surface area (Å²) in [6.07, 6.45) is 6.81. The van der Waals surface area contributed by atoms with Crippen molar-refractivity contribution >= 4 is 6.79 Å². The molecular formula is C20H30O2. The largest absolute Gasteiger partial charge is 0.384 e. The van der Waals surface area contributed by atoms with Gasteiger partial charge in [-0.25, -0.2) is 0 Å². The quantitative estimate of drug-likeness (QED) is 0.838. The van der Waals surface area contributed by atoms with Gasteiger partial charge in [-0.15, -0.1) is 0 Å². The highest BCUT2D eigenvalue weighted by Crippen LogP contribution is 2.38. The van der Waals surface area contributed by atoms with Gasteiger partial charge in [-0.2, -0.15) is 0 Å². The van der Waals surface area contributed by atoms with Crippen LogP contribution in [0, 0.1) is 0 Å². The fourth-order valence-corrected chi connectivity index (χ4v) is 2.71. The van der Waals surface area contributed by atoms with E-state index in [1.54, 1.807) is 0 Å². The van der Waals surface area contributed by atoms with Crippen molar-refractivity contribution in [3.05, 3.63) is 58.2 Å². The van der Waals surface area contributed by atoms with E-state index in [4.69, 9.17) is 4.79 Å². The molecule has 0 aliphatic heterocycles. The van der Waals surface area contributed by atoms with Gasteiger partial charge in [0.15, 0.2) is 0 Å². The normalized spacial score (nSPS) is 19.6. The van der Waals surface area contributed by atoms with E-state index in [-0.39, 0.29) is 0 Å². The molecule has 1 N–H and O–H groups in total. The molecule has 1 atom stereocenters. The Kier molecular flexibility index (Phi) is 10.1. The van der Waals surface area contributed by atoms with Crippen LogP contribution in [0.25, 0.3) is 0 Å². The fourth-order valence-electron chi connectivity index (χ4n) is 2.71. The molecular weight excluding hydrogens is 272 g/mol. The lowest BCUT2D eigenvalue weighted by atomic mass is 9.80. The van der Waals surface area contributed by atoms with Crippen molar-refractivity contribution < 1.29 is 9.90 Å². The van der Waals surface area contributed by atoms with Gasteiger partial charge in [0, 0.05) is 0 Å². The Hall–Kier alpha value is -1.67. The van der Waals surface area contributed by atoms with Crippen LogP contribution in [0.4, 0.5) is 0 Å². The zero-order valence-electron chi connectivity index (χ0n) is 14.6. The van der Waals surface area contributed by atoms with Crippen LogP contribution in [-0.2, 0) is 17.6 Å². The second-order valence-electron chi connectivity index (χ2n) is 4.85. The van der Waals surface area contributed by atoms with E-state index < -0.39 is 6.10 Å². The minimum atomic E-state index is -0.456. The highest BCUT2D eigenvalue weighted by Gasteiger charge is 2.25. The van der Waals surface area contributed by atoms with Gasteiger partial charge in [0.2, 0.25) is 0 Å². The maximum Gasteiger partial charge on any atom is 0.106 e. The van der Waals surface area contributed by atoms with Crippen LogP contribution in [-0.4, -0.2) is 11.9 Å². The maximum atomic E-state index is 10.5. The van der Waals surface area contributed by atoms with Crippen LogP contribution in [0.5, 0.6) is 0 Å². The number of aliphatic hydroxyl groups is 1. The number of rotatable bonds is 2. The predicted octanol–water partition coefficient (Wildman–Crippen LogP) is 4.96. The van der Waals surface area contributed by atoms with Crippen molar-refractivity contribution in [1.82, 2.24) is 0 Å². The van der Waals surface area contributed by atoms with Crippen molar-refractivity contribution in [2.24, 2.45) is 0 Å². The molecule has 122 valence electrons. The number of benzene rings is 1. The average molecular weight is 302 g/mol. The van der Waals surface area contributed by atoms with Crippen LogP contribution in [0.2, 0.25) is 0 Å². The van der Waals surface area contributed by atoms with Crippen LogP contribution >= 0.6 is 0 Å². The molecule has 2 heteroatoms. The predicted molar refractivity (Wildman–Crippen MR) is 95.1 cm³/mol. The Labute approximate surface area is 135 Å². The van der Waals surface area contributed by atoms with E-state index in [0.29, 0.717) is 0 Å². The monoisotopic (exact) mass is 302 g/mol. The standard InChI is InChI=1S/C17H22O.C2H6.CH2O/c1-4-7-13-11-14-9-8-12(5-2)10-16(14)17(18)15(13)6-3;2*1-2/h6-10,17-18H,4-5,11H2,1-3H3;1-2H3;1H2/b13-7-,15-6+;;. The minimum absolute atomic E-state index is 0.456. The molecule has 2 rings (SSSR count). The average Bonchev–Trinajstić information content (AvgIpc) is 2.59. The molecule has 0 aromatic heterocycles. The van der Waals surface area contributed by atoms with Gasteiger partial charge in [0.1, 0.15) is 12.9 Å². The number of aryl methyl sites for hydroxylation is 1. The molecule has 1 aromatic rings. The summed E-state index contributed by atoms with van der Waals surface area (Å²) in [7, 11) is 0. The van der Waals surface area contributed by atoms with Gasteiger partial charge in [-0.05, 0) is 54.0 Å². The van der Waals surface area contributed by atoms with E-state index in [9.17, 15) is 5.11 Å². The lowest BCUT2D eigenvalue weighted by Gasteiger charge is -2.27. The Morgan fingerprint density at radius 1 is 1.27 bits per heavy atom. The Balaban J connectivity index is 0.00000102. The molecule has 1 aliphatic rings. The van der Waals surface area contributed by atoms with Crippen molar-refractivity contribution in [2.75, 3.05) is 0 Å². The molecule has 0 radical (unpaired) electrons. The van der Waals surface area contributed by atoms with Crippen LogP contribution in [0.15, 0.2) is 41.5 Å². The van der Waals surface area contributed by atoms with Gasteiger partial charge in [0.05, 0.1) is 0 Å². The lowest BCUT2D eigenvalue weighted by molar-refractivity contribution is -0.0979. The first kappa shape index (κ1) is 20.3. The molecule has 0 heterocycles. The molecule has 1 aromatic carbocycles. The molecule has 0 spiro atoms. The maximum absolute atomic E-state index is 10.5. The van der Waals surface area contributed by atoms with Crippen LogP contribution in [0.3, 0.4) is 0 Å². The second-order valence-corrected chi connectivity index (χ2v) is 4.85. The fraction of sp³-hybridized carbons (Fsp3) is 0.450. The summed E-state index contributed by atoms with van der Waals surface area (Å²) in [5.74, 6) is 0. The van der Waals surface area contributed by atoms with Crippen LogP contribution < -0.4 is 0 Å². The lowest BCUT2D eigenvalue weighted by Crippen LogP contribution is -2.15. The summed E-state index contributed by atoms with van der Waals surface area (Å²) in [5.41, 5.74) is 6.02. The number of fused-ring (bicyclic) bond motifs is 1. The number of aliphatic hydroxyl groups excluding tert-OH is 1. The smallest absolute Gasteiger partial charge is 0.106 e. The summed E-state index contributed by atoms with van der Waals surface area (Å²) in [5, 5.41) is 10.5. The SMILES string of the molecule is C/C=C1\C(=C/CC)Cc2ccc(CC)cc2C1O.C=O.CC. The third-order valence-electron chi connectivity index (χ3n) is 3.72. The number of allylic oxidation sites excluding steroid dienone is 2. The van der Waals surface area contributed by atoms with E-state index in [0.717, 1.165) is 30.4 Å². The summed E-state index contributed by atoms with van der Waals surface area (Å²) >= 11 is 0. The Bertz CT molecular complexity index is 512. The van der Waals surface area contributed by atoms with Crippen molar-refractivity contribution in [2.45, 2.75) is 60.0 Å². The van der Waals surface area contributed by atoms with Gasteiger partial charge in [-0.1, -0.05) is 58.0 Å². The number of carbonyl (C=O) groups excluding carboxylic acids is 1. The summed E-state index contributed by atoms with van der Waals surface area (Å²) in [6, 6.07) is 6.51. The minimum Gasteiger partial charge on any atom is -0.384 e. The molecule has 1 unspecified atom stereocenters. The van der Waals surface area contributed by atoms with Crippen molar-refractivity contribution in [3.63, 3.8) is 0 Å². The van der Waals surface area contributed by atoms with Gasteiger partial charge in [-0.3, -0.25) is 0 Å². The molecule has 0 amide bonds. The zero-order chi connectivity index (χ0) is 17.1. The first-order valence-corrected chi connectivity index (χ1v) is 8.15. The Morgan fingerprint density at radius 2 is 1.91 bits per heavy atom. The van der Waals surface area contributed by atoms with E-state index in [1.165, 1.54) is 16.7 Å². The topological polar surface area (TPSA) is 37.3 Å². The summed E-state index contributed by atoms with van der Waals surface area (Å²) in [4.78, 5) is 8.00. The zero-order valence-corrected chi connectivity index (χ0v) is 14.6. The first-order valence-electron chi connectivity index (χ1n) is 8.15. The molecule has 0 bridgehead atoms. The summed E-state index contributed by atoms with van der Waals surface area (Å²) < 4.78 is 0. The van der Waals surface area contributed by atoms with E-state index in [1.807, 2.05) is 33.6 Å². The van der Waals surface area contributed by atoms with Gasteiger partial charge in [0.25, 0.3) is 0 Å². The van der Waals surface area contributed by atoms with E-state index >= 15 is 0 Å². The summed E-state index contributed by atoms with van der Waals surface area (Å²) in [6.45, 7) is 12.3. The van der Waals surface area contributed by atoms with E-state index in [2.05, 4.69) is 38.1 Å². The number of hydrogen-bond acceptors (Lipinski definition) is 2. The molecule has 1 aliphatic carbocycles. The number of carbonyl (C=O) groups is 1. The third kappa shape index (κ3) is 4.67. The van der Waals surface area contributed by atoms with Crippen molar-refractivity contribution in [1.29, 1.82) is 0 Å². The first-order chi connectivity index (χ1) is 10.7. The third-order valence-corrected chi connectivity index (χ3v) is 3.72. The molecule has 2 nitrogen and oxygen atoms in total. The molecule has 0 saturated carbocycles. The number of hydrogen-bond donors (Lipinski definition) is 1. The molecule has 22 heavy (non-hydrogen) atoms. The van der Waals surface area contributed by atoms with Crippen LogP contribution in [0.1, 0.15) is 63.8 Å². The highest BCUT2D eigenvalue weighted by molar-refractivity contribution is 5.51. The molecule has 0 saturated heterocycles. The van der Waals surface area contributed by atoms with Crippen molar-refractivity contribution in [3.8, 4) is 0 Å². The second kappa shape index (κ2) is 11.0. The van der Waals surface area contributed by atoms with Gasteiger partial charge < -0.3 is 9.90 Å².